The Morgan fingerprint density at radius 1 is 0.969 bits per heavy atom. The van der Waals surface area contributed by atoms with Gasteiger partial charge in [-0.3, -0.25) is 19.8 Å². The van der Waals surface area contributed by atoms with E-state index in [2.05, 4.69) is 25.8 Å². The summed E-state index contributed by atoms with van der Waals surface area (Å²) in [4.78, 5) is 32.4. The van der Waals surface area contributed by atoms with E-state index >= 15 is 0 Å². The lowest BCUT2D eigenvalue weighted by Crippen LogP contribution is -2.37. The Kier molecular flexibility index (Phi) is 5.83. The molecule has 7 nitrogen and oxygen atoms in total. The van der Waals surface area contributed by atoms with Gasteiger partial charge >= 0.3 is 0 Å². The van der Waals surface area contributed by atoms with Gasteiger partial charge in [-0.25, -0.2) is 4.99 Å². The van der Waals surface area contributed by atoms with Gasteiger partial charge in [-0.15, -0.1) is 0 Å². The van der Waals surface area contributed by atoms with Crippen molar-refractivity contribution < 1.29 is 14.3 Å². The lowest BCUT2D eigenvalue weighted by atomic mass is 9.95. The van der Waals surface area contributed by atoms with E-state index in [4.69, 9.17) is 4.74 Å². The molecule has 2 saturated heterocycles. The molecular weight excluding hydrogens is 404 g/mol. The Morgan fingerprint density at radius 2 is 1.72 bits per heavy atom. The second-order valence-electron chi connectivity index (χ2n) is 8.19. The van der Waals surface area contributed by atoms with Gasteiger partial charge in [-0.2, -0.15) is 0 Å². The van der Waals surface area contributed by atoms with E-state index < -0.39 is 11.8 Å². The number of nitrogens with zero attached hydrogens (tertiary/aromatic N) is 3. The fourth-order valence-electron chi connectivity index (χ4n) is 4.53. The van der Waals surface area contributed by atoms with Gasteiger partial charge in [0.1, 0.15) is 11.6 Å². The van der Waals surface area contributed by atoms with E-state index in [1.165, 1.54) is 0 Å². The predicted octanol–water partition coefficient (Wildman–Crippen LogP) is 2.88. The zero-order valence-corrected chi connectivity index (χ0v) is 17.9. The first-order valence-electron chi connectivity index (χ1n) is 11.1. The number of fused-ring (bicyclic) bond motifs is 1. The fourth-order valence-corrected chi connectivity index (χ4v) is 4.53. The van der Waals surface area contributed by atoms with Crippen LogP contribution in [-0.2, 0) is 20.9 Å². The van der Waals surface area contributed by atoms with Crippen LogP contribution in [0, 0.1) is 0 Å². The monoisotopic (exact) mass is 430 g/mol. The average Bonchev–Trinajstić information content (AvgIpc) is 3.31. The lowest BCUT2D eigenvalue weighted by molar-refractivity contribution is -0.124. The Bertz CT molecular complexity index is 1160. The maximum Gasteiger partial charge on any atom is 0.273 e. The minimum atomic E-state index is -0.715. The number of nitrogens with one attached hydrogen (secondary N) is 1. The molecule has 164 valence electrons. The SMILES string of the molecule is O=C1NC(=O)C(c2cn(CCCN3CCOCC3)c3ccccc23)C1=Nc1ccccc1. The smallest absolute Gasteiger partial charge is 0.273 e. The fraction of sp³-hybridized carbons (Fsp3) is 0.320. The van der Waals surface area contributed by atoms with Crippen molar-refractivity contribution in [2.75, 3.05) is 32.8 Å². The van der Waals surface area contributed by atoms with E-state index in [9.17, 15) is 9.59 Å². The Labute approximate surface area is 186 Å². The molecule has 2 aliphatic heterocycles. The highest BCUT2D eigenvalue weighted by Gasteiger charge is 2.40. The standard InChI is InChI=1S/C25H26N4O3/c30-24-22(23(25(31)27-24)26-18-7-2-1-3-8-18)20-17-29(21-10-5-4-9-19(20)21)12-6-11-28-13-15-32-16-14-28/h1-5,7-10,17,22H,6,11-16H2,(H,27,30,31). The summed E-state index contributed by atoms with van der Waals surface area (Å²) in [5.41, 5.74) is 2.80. The number of rotatable bonds is 6. The highest BCUT2D eigenvalue weighted by Crippen LogP contribution is 2.32. The van der Waals surface area contributed by atoms with E-state index in [1.807, 2.05) is 54.7 Å². The third-order valence-corrected chi connectivity index (χ3v) is 6.12. The van der Waals surface area contributed by atoms with Gasteiger partial charge in [0.25, 0.3) is 5.91 Å². The minimum Gasteiger partial charge on any atom is -0.379 e. The largest absolute Gasteiger partial charge is 0.379 e. The molecule has 0 spiro atoms. The quantitative estimate of drug-likeness (QED) is 0.610. The number of ether oxygens (including phenoxy) is 1. The van der Waals surface area contributed by atoms with Crippen LogP contribution in [0.3, 0.4) is 0 Å². The summed E-state index contributed by atoms with van der Waals surface area (Å²) in [6.07, 6.45) is 3.02. The summed E-state index contributed by atoms with van der Waals surface area (Å²) in [5.74, 6) is -1.46. The first kappa shape index (κ1) is 20.6. The Morgan fingerprint density at radius 3 is 2.53 bits per heavy atom. The highest BCUT2D eigenvalue weighted by atomic mass is 16.5. The molecule has 0 radical (unpaired) electrons. The van der Waals surface area contributed by atoms with Crippen molar-refractivity contribution in [2.45, 2.75) is 18.9 Å². The van der Waals surface area contributed by atoms with Gasteiger partial charge in [0.05, 0.1) is 18.9 Å². The molecule has 1 aromatic heterocycles. The number of morpholine rings is 1. The van der Waals surface area contributed by atoms with Crippen LogP contribution in [0.1, 0.15) is 17.9 Å². The molecular formula is C25H26N4O3. The molecule has 0 aliphatic carbocycles. The normalized spacial score (nSPS) is 20.9. The minimum absolute atomic E-state index is 0.248. The zero-order valence-electron chi connectivity index (χ0n) is 17.9. The molecule has 7 heteroatoms. The van der Waals surface area contributed by atoms with Crippen LogP contribution in [0.2, 0.25) is 0 Å². The third kappa shape index (κ3) is 4.09. The molecule has 2 aromatic carbocycles. The molecule has 0 saturated carbocycles. The third-order valence-electron chi connectivity index (χ3n) is 6.12. The van der Waals surface area contributed by atoms with Gasteiger partial charge in [0.15, 0.2) is 0 Å². The van der Waals surface area contributed by atoms with Crippen LogP contribution in [0.5, 0.6) is 0 Å². The maximum atomic E-state index is 12.8. The molecule has 1 atom stereocenters. The number of imide groups is 1. The van der Waals surface area contributed by atoms with Gasteiger partial charge in [-0.05, 0) is 30.2 Å². The van der Waals surface area contributed by atoms with Crippen LogP contribution in [0.15, 0.2) is 65.8 Å². The van der Waals surface area contributed by atoms with Crippen LogP contribution in [-0.4, -0.2) is 59.8 Å². The first-order chi connectivity index (χ1) is 15.7. The van der Waals surface area contributed by atoms with Crippen LogP contribution >= 0.6 is 0 Å². The van der Waals surface area contributed by atoms with Crippen molar-refractivity contribution in [2.24, 2.45) is 4.99 Å². The first-order valence-corrected chi connectivity index (χ1v) is 11.1. The van der Waals surface area contributed by atoms with Gasteiger partial charge in [0, 0.05) is 43.3 Å². The Balaban J connectivity index is 1.45. The van der Waals surface area contributed by atoms with Crippen molar-refractivity contribution in [3.8, 4) is 0 Å². The summed E-state index contributed by atoms with van der Waals surface area (Å²) in [5, 5.41) is 3.44. The molecule has 1 unspecified atom stereocenters. The number of para-hydroxylation sites is 2. The van der Waals surface area contributed by atoms with Crippen LogP contribution in [0.4, 0.5) is 5.69 Å². The maximum absolute atomic E-state index is 12.8. The van der Waals surface area contributed by atoms with Crippen molar-refractivity contribution >= 4 is 34.1 Å². The molecule has 3 aromatic rings. The molecule has 5 rings (SSSR count). The molecule has 32 heavy (non-hydrogen) atoms. The predicted molar refractivity (Wildman–Crippen MR) is 123 cm³/mol. The van der Waals surface area contributed by atoms with E-state index in [1.54, 1.807) is 0 Å². The van der Waals surface area contributed by atoms with Crippen molar-refractivity contribution in [3.63, 3.8) is 0 Å². The second kappa shape index (κ2) is 9.06. The van der Waals surface area contributed by atoms with E-state index in [0.717, 1.165) is 62.3 Å². The molecule has 3 heterocycles. The van der Waals surface area contributed by atoms with Gasteiger partial charge < -0.3 is 9.30 Å². The van der Waals surface area contributed by atoms with E-state index in [-0.39, 0.29) is 11.6 Å². The topological polar surface area (TPSA) is 75.9 Å². The number of carbonyl (C=O) groups is 2. The van der Waals surface area contributed by atoms with Crippen molar-refractivity contribution in [1.29, 1.82) is 0 Å². The average molecular weight is 431 g/mol. The number of carbonyl (C=O) groups excluding carboxylic acids is 2. The highest BCUT2D eigenvalue weighted by molar-refractivity contribution is 6.52. The van der Waals surface area contributed by atoms with Gasteiger partial charge in [-0.1, -0.05) is 36.4 Å². The number of benzene rings is 2. The number of amides is 2. The number of aliphatic imine (C=N–C) groups is 1. The molecule has 1 N–H and O–H groups in total. The number of hydrogen-bond acceptors (Lipinski definition) is 5. The number of hydrogen-bond donors (Lipinski definition) is 1. The van der Waals surface area contributed by atoms with Crippen molar-refractivity contribution in [3.05, 3.63) is 66.4 Å². The number of aromatic nitrogens is 1. The second-order valence-corrected chi connectivity index (χ2v) is 8.19. The zero-order chi connectivity index (χ0) is 21.9. The lowest BCUT2D eigenvalue weighted by Gasteiger charge is -2.26. The molecule has 2 aliphatic rings. The van der Waals surface area contributed by atoms with Crippen LogP contribution < -0.4 is 5.32 Å². The number of aryl methyl sites for hydroxylation is 1. The Hall–Kier alpha value is -3.29. The summed E-state index contributed by atoms with van der Waals surface area (Å²) in [6, 6.07) is 17.3. The molecule has 2 fully saturated rings. The van der Waals surface area contributed by atoms with E-state index in [0.29, 0.717) is 5.69 Å². The van der Waals surface area contributed by atoms with Crippen LogP contribution in [0.25, 0.3) is 10.9 Å². The summed E-state index contributed by atoms with van der Waals surface area (Å²) >= 11 is 0. The summed E-state index contributed by atoms with van der Waals surface area (Å²) < 4.78 is 7.63. The van der Waals surface area contributed by atoms with Crippen molar-refractivity contribution in [1.82, 2.24) is 14.8 Å². The molecule has 0 bridgehead atoms. The summed E-state index contributed by atoms with van der Waals surface area (Å²) in [7, 11) is 0. The summed E-state index contributed by atoms with van der Waals surface area (Å²) in [6.45, 7) is 5.39. The van der Waals surface area contributed by atoms with Gasteiger partial charge in [0.2, 0.25) is 5.91 Å². The molecule has 2 amide bonds.